The van der Waals surface area contributed by atoms with Gasteiger partial charge in [-0.1, -0.05) is 36.4 Å². The van der Waals surface area contributed by atoms with E-state index < -0.39 is 27.6 Å². The lowest BCUT2D eigenvalue weighted by molar-refractivity contribution is 0.102. The minimum absolute atomic E-state index is 0.0380. The molecule has 0 bridgehead atoms. The molecule has 0 aliphatic heterocycles. The molecule has 0 aliphatic rings. The molecule has 10 heteroatoms. The number of carbonyl (C=O) groups excluding carboxylic acids is 1. The molecule has 1 amide bonds. The third-order valence-corrected chi connectivity index (χ3v) is 5.63. The highest BCUT2D eigenvalue weighted by Crippen LogP contribution is 2.17. The zero-order chi connectivity index (χ0) is 22.7. The molecule has 0 saturated carbocycles. The van der Waals surface area contributed by atoms with Crippen molar-refractivity contribution in [3.63, 3.8) is 0 Å². The van der Waals surface area contributed by atoms with Gasteiger partial charge in [0.2, 0.25) is 5.55 Å². The van der Waals surface area contributed by atoms with Crippen LogP contribution in [-0.4, -0.2) is 14.3 Å². The lowest BCUT2D eigenvalue weighted by Crippen LogP contribution is -2.27. The SMILES string of the molecule is O=C(Nc1ccc(F)cc1F)c1cc2ccccc2oc1=NNS(=O)(=O)c1ccccc1. The molecule has 2 N–H and O–H groups in total. The molecule has 0 saturated heterocycles. The molecule has 0 unspecified atom stereocenters. The molecular formula is C22H15F2N3O4S. The quantitative estimate of drug-likeness (QED) is 0.448. The van der Waals surface area contributed by atoms with Crippen LogP contribution < -0.4 is 15.7 Å². The zero-order valence-electron chi connectivity index (χ0n) is 16.2. The lowest BCUT2D eigenvalue weighted by Gasteiger charge is -2.08. The van der Waals surface area contributed by atoms with E-state index >= 15 is 0 Å². The second-order valence-electron chi connectivity index (χ2n) is 6.60. The molecule has 4 aromatic rings. The Morgan fingerprint density at radius 2 is 1.62 bits per heavy atom. The minimum Gasteiger partial charge on any atom is -0.436 e. The topological polar surface area (TPSA) is 101 Å². The highest BCUT2D eigenvalue weighted by Gasteiger charge is 2.17. The number of para-hydroxylation sites is 1. The third kappa shape index (κ3) is 4.49. The number of fused-ring (bicyclic) bond motifs is 1. The number of nitrogens with zero attached hydrogens (tertiary/aromatic N) is 1. The summed E-state index contributed by atoms with van der Waals surface area (Å²) in [7, 11) is -4.03. The van der Waals surface area contributed by atoms with Crippen LogP contribution in [0.25, 0.3) is 11.0 Å². The zero-order valence-corrected chi connectivity index (χ0v) is 17.1. The molecule has 0 spiro atoms. The van der Waals surface area contributed by atoms with E-state index in [1.165, 1.54) is 18.2 Å². The first kappa shape index (κ1) is 21.2. The van der Waals surface area contributed by atoms with Crippen LogP contribution in [0.1, 0.15) is 10.4 Å². The van der Waals surface area contributed by atoms with Gasteiger partial charge in [0, 0.05) is 11.5 Å². The largest absolute Gasteiger partial charge is 0.436 e. The Hall–Kier alpha value is -4.05. The number of nitrogens with one attached hydrogen (secondary N) is 2. The fraction of sp³-hybridized carbons (Fsp3) is 0. The summed E-state index contributed by atoms with van der Waals surface area (Å²) >= 11 is 0. The molecule has 7 nitrogen and oxygen atoms in total. The maximum atomic E-state index is 14.0. The number of rotatable bonds is 5. The van der Waals surface area contributed by atoms with Gasteiger partial charge in [0.1, 0.15) is 22.8 Å². The van der Waals surface area contributed by atoms with E-state index in [4.69, 9.17) is 4.42 Å². The van der Waals surface area contributed by atoms with Gasteiger partial charge in [-0.05, 0) is 36.4 Å². The number of hydrogen-bond acceptors (Lipinski definition) is 5. The highest BCUT2D eigenvalue weighted by atomic mass is 32.2. The Labute approximate surface area is 181 Å². The average molecular weight is 455 g/mol. The van der Waals surface area contributed by atoms with E-state index in [1.54, 1.807) is 42.5 Å². The van der Waals surface area contributed by atoms with Gasteiger partial charge in [0.05, 0.1) is 10.6 Å². The van der Waals surface area contributed by atoms with Gasteiger partial charge in [0.15, 0.2) is 0 Å². The first-order chi connectivity index (χ1) is 15.3. The number of hydrogen-bond donors (Lipinski definition) is 2. The molecule has 3 aromatic carbocycles. The molecule has 0 fully saturated rings. The summed E-state index contributed by atoms with van der Waals surface area (Å²) in [5, 5.41) is 6.62. The van der Waals surface area contributed by atoms with Crippen molar-refractivity contribution in [1.29, 1.82) is 0 Å². The number of anilines is 1. The predicted molar refractivity (Wildman–Crippen MR) is 113 cm³/mol. The number of halogens is 2. The van der Waals surface area contributed by atoms with Crippen molar-refractivity contribution in [1.82, 2.24) is 4.83 Å². The van der Waals surface area contributed by atoms with Crippen molar-refractivity contribution in [3.05, 3.63) is 102 Å². The Morgan fingerprint density at radius 3 is 2.38 bits per heavy atom. The second-order valence-corrected chi connectivity index (χ2v) is 8.26. The van der Waals surface area contributed by atoms with Crippen LogP contribution in [0.2, 0.25) is 0 Å². The smallest absolute Gasteiger partial charge is 0.276 e. The van der Waals surface area contributed by atoms with Gasteiger partial charge in [-0.3, -0.25) is 4.79 Å². The van der Waals surface area contributed by atoms with Crippen molar-refractivity contribution < 1.29 is 26.4 Å². The number of benzene rings is 3. The van der Waals surface area contributed by atoms with Crippen LogP contribution in [0, 0.1) is 11.6 Å². The van der Waals surface area contributed by atoms with E-state index in [0.29, 0.717) is 17.0 Å². The molecule has 1 aromatic heterocycles. The molecule has 1 heterocycles. The summed E-state index contributed by atoms with van der Waals surface area (Å²) in [5.74, 6) is -2.60. The van der Waals surface area contributed by atoms with Crippen LogP contribution in [-0.2, 0) is 10.0 Å². The van der Waals surface area contributed by atoms with Crippen LogP contribution in [0.15, 0.2) is 93.3 Å². The normalized spacial score (nSPS) is 12.0. The van der Waals surface area contributed by atoms with Crippen molar-refractivity contribution in [2.45, 2.75) is 4.90 Å². The summed E-state index contributed by atoms with van der Waals surface area (Å²) in [4.78, 5) is 14.8. The fourth-order valence-corrected chi connectivity index (χ4v) is 3.67. The van der Waals surface area contributed by atoms with Gasteiger partial charge >= 0.3 is 0 Å². The Morgan fingerprint density at radius 1 is 0.906 bits per heavy atom. The third-order valence-electron chi connectivity index (χ3n) is 4.40. The standard InChI is InChI=1S/C22H15F2N3O4S/c23-15-10-11-19(18(24)13-15)25-21(28)17-12-14-6-4-5-9-20(14)31-22(17)26-27-32(29,30)16-7-2-1-3-8-16/h1-13,27H,(H,25,28). The van der Waals surface area contributed by atoms with Gasteiger partial charge in [-0.25, -0.2) is 8.78 Å². The molecule has 0 aliphatic carbocycles. The van der Waals surface area contributed by atoms with Gasteiger partial charge in [-0.2, -0.15) is 13.2 Å². The average Bonchev–Trinajstić information content (AvgIpc) is 2.79. The summed E-state index contributed by atoms with van der Waals surface area (Å²) < 4.78 is 57.7. The van der Waals surface area contributed by atoms with Crippen molar-refractivity contribution in [2.75, 3.05) is 5.32 Å². The van der Waals surface area contributed by atoms with Gasteiger partial charge in [0.25, 0.3) is 15.9 Å². The first-order valence-corrected chi connectivity index (χ1v) is 10.7. The summed E-state index contributed by atoms with van der Waals surface area (Å²) in [6.45, 7) is 0. The molecule has 0 radical (unpaired) electrons. The minimum atomic E-state index is -4.03. The second kappa shape index (κ2) is 8.60. The maximum Gasteiger partial charge on any atom is 0.276 e. The fourth-order valence-electron chi connectivity index (χ4n) is 2.85. The molecule has 32 heavy (non-hydrogen) atoms. The van der Waals surface area contributed by atoms with Gasteiger partial charge in [-0.15, -0.1) is 5.10 Å². The summed E-state index contributed by atoms with van der Waals surface area (Å²) in [6.07, 6.45) is 0. The van der Waals surface area contributed by atoms with E-state index in [0.717, 1.165) is 12.1 Å². The van der Waals surface area contributed by atoms with Crippen LogP contribution >= 0.6 is 0 Å². The van der Waals surface area contributed by atoms with Crippen LogP contribution in [0.5, 0.6) is 0 Å². The Kier molecular flexibility index (Phi) is 5.69. The lowest BCUT2D eigenvalue weighted by atomic mass is 10.1. The molecule has 0 atom stereocenters. The van der Waals surface area contributed by atoms with Crippen LogP contribution in [0.3, 0.4) is 0 Å². The number of amides is 1. The van der Waals surface area contributed by atoms with E-state index in [1.807, 2.05) is 4.83 Å². The highest BCUT2D eigenvalue weighted by molar-refractivity contribution is 7.89. The molecular weight excluding hydrogens is 440 g/mol. The maximum absolute atomic E-state index is 14.0. The van der Waals surface area contributed by atoms with Crippen molar-refractivity contribution in [2.24, 2.45) is 5.10 Å². The molecule has 162 valence electrons. The van der Waals surface area contributed by atoms with Crippen molar-refractivity contribution >= 4 is 32.6 Å². The summed E-state index contributed by atoms with van der Waals surface area (Å²) in [5.41, 5.74) is -0.429. The first-order valence-electron chi connectivity index (χ1n) is 9.23. The van der Waals surface area contributed by atoms with Gasteiger partial charge < -0.3 is 9.73 Å². The number of sulfonamides is 1. The van der Waals surface area contributed by atoms with E-state index in [9.17, 15) is 22.0 Å². The summed E-state index contributed by atoms with van der Waals surface area (Å²) in [6, 6.07) is 18.3. The number of carbonyl (C=O) groups is 1. The van der Waals surface area contributed by atoms with E-state index in [-0.39, 0.29) is 21.7 Å². The van der Waals surface area contributed by atoms with E-state index in [2.05, 4.69) is 10.4 Å². The molecule has 4 rings (SSSR count). The Bertz CT molecular complexity index is 1490. The van der Waals surface area contributed by atoms with Crippen LogP contribution in [0.4, 0.5) is 14.5 Å². The monoisotopic (exact) mass is 455 g/mol. The predicted octanol–water partition coefficient (Wildman–Crippen LogP) is 3.76. The van der Waals surface area contributed by atoms with Crippen molar-refractivity contribution in [3.8, 4) is 0 Å². The Balaban J connectivity index is 1.76.